The second kappa shape index (κ2) is 9.46. The lowest BCUT2D eigenvalue weighted by Crippen LogP contribution is -2.45. The van der Waals surface area contributed by atoms with E-state index in [9.17, 15) is 0 Å². The van der Waals surface area contributed by atoms with Crippen LogP contribution in [0.5, 0.6) is 17.2 Å². The maximum Gasteiger partial charge on any atom is 0.173 e. The fourth-order valence-electron chi connectivity index (χ4n) is 2.95. The summed E-state index contributed by atoms with van der Waals surface area (Å²) in [6.45, 7) is 6.81. The van der Waals surface area contributed by atoms with Crippen molar-refractivity contribution in [3.8, 4) is 17.2 Å². The van der Waals surface area contributed by atoms with Gasteiger partial charge in [0.1, 0.15) is 12.4 Å². The molecule has 0 bridgehead atoms. The lowest BCUT2D eigenvalue weighted by atomic mass is 10.2. The van der Waals surface area contributed by atoms with Gasteiger partial charge in [-0.05, 0) is 62.0 Å². The molecule has 1 heterocycles. The van der Waals surface area contributed by atoms with Gasteiger partial charge in [0.15, 0.2) is 22.7 Å². The zero-order valence-electron chi connectivity index (χ0n) is 15.8. The number of benzene rings is 2. The summed E-state index contributed by atoms with van der Waals surface area (Å²) in [5.41, 5.74) is 0.940. The third-order valence-corrected chi connectivity index (χ3v) is 4.55. The first kappa shape index (κ1) is 19.3. The Bertz CT molecular complexity index is 751. The maximum atomic E-state index is 6.08. The molecule has 144 valence electrons. The van der Waals surface area contributed by atoms with E-state index in [2.05, 4.69) is 17.1 Å². The van der Waals surface area contributed by atoms with Crippen LogP contribution in [-0.2, 0) is 0 Å². The monoisotopic (exact) mass is 386 g/mol. The lowest BCUT2D eigenvalue weighted by Gasteiger charge is -2.32. The molecule has 1 N–H and O–H groups in total. The number of ether oxygens (including phenoxy) is 3. The van der Waals surface area contributed by atoms with E-state index in [1.54, 1.807) is 0 Å². The zero-order valence-corrected chi connectivity index (χ0v) is 16.6. The normalized spacial score (nSPS) is 15.1. The van der Waals surface area contributed by atoms with E-state index in [1.165, 1.54) is 0 Å². The summed E-state index contributed by atoms with van der Waals surface area (Å²) in [7, 11) is 0. The van der Waals surface area contributed by atoms with E-state index in [1.807, 2.05) is 55.5 Å². The summed E-state index contributed by atoms with van der Waals surface area (Å²) in [6, 6.07) is 15.6. The van der Waals surface area contributed by atoms with Crippen molar-refractivity contribution in [1.82, 2.24) is 4.90 Å². The van der Waals surface area contributed by atoms with Gasteiger partial charge in [-0.2, -0.15) is 0 Å². The van der Waals surface area contributed by atoms with Crippen molar-refractivity contribution in [1.29, 1.82) is 0 Å². The predicted octanol–water partition coefficient (Wildman–Crippen LogP) is 4.33. The van der Waals surface area contributed by atoms with E-state index >= 15 is 0 Å². The van der Waals surface area contributed by atoms with Crippen LogP contribution in [0.4, 0.5) is 5.69 Å². The Balaban J connectivity index is 1.60. The van der Waals surface area contributed by atoms with Gasteiger partial charge in [0.25, 0.3) is 0 Å². The van der Waals surface area contributed by atoms with Crippen molar-refractivity contribution in [2.24, 2.45) is 0 Å². The highest BCUT2D eigenvalue weighted by molar-refractivity contribution is 7.80. The third-order valence-electron chi connectivity index (χ3n) is 4.19. The number of hydrogen-bond donors (Lipinski definition) is 1. The quantitative estimate of drug-likeness (QED) is 0.715. The molecule has 27 heavy (non-hydrogen) atoms. The van der Waals surface area contributed by atoms with Gasteiger partial charge in [0.05, 0.1) is 13.2 Å². The van der Waals surface area contributed by atoms with Crippen molar-refractivity contribution in [3.05, 3.63) is 48.5 Å². The molecule has 6 heteroatoms. The Labute approximate surface area is 166 Å². The largest absolute Gasteiger partial charge is 0.494 e. The van der Waals surface area contributed by atoms with E-state index in [-0.39, 0.29) is 6.10 Å². The summed E-state index contributed by atoms with van der Waals surface area (Å²) in [4.78, 5) is 2.13. The standard InChI is InChI=1S/C21H26N2O3S/c1-3-13-23(14-18-15-25-19-7-5-6-8-20(19)26-18)21(27)22-16-9-11-17(12-10-16)24-4-2/h5-12,18H,3-4,13-15H2,1-2H3,(H,22,27)/t18-/m1/s1. The summed E-state index contributed by atoms with van der Waals surface area (Å²) in [5.74, 6) is 2.44. The van der Waals surface area contributed by atoms with Gasteiger partial charge in [0, 0.05) is 12.2 Å². The number of nitrogens with zero attached hydrogens (tertiary/aromatic N) is 1. The van der Waals surface area contributed by atoms with E-state index in [0.29, 0.717) is 24.9 Å². The van der Waals surface area contributed by atoms with Gasteiger partial charge in [-0.1, -0.05) is 19.1 Å². The predicted molar refractivity (Wildman–Crippen MR) is 112 cm³/mol. The van der Waals surface area contributed by atoms with Gasteiger partial charge in [0.2, 0.25) is 0 Å². The smallest absolute Gasteiger partial charge is 0.173 e. The first-order chi connectivity index (χ1) is 13.2. The highest BCUT2D eigenvalue weighted by atomic mass is 32.1. The minimum absolute atomic E-state index is 0.0634. The Morgan fingerprint density at radius 2 is 1.89 bits per heavy atom. The highest BCUT2D eigenvalue weighted by Crippen LogP contribution is 2.31. The average molecular weight is 387 g/mol. The number of fused-ring (bicyclic) bond motifs is 1. The van der Waals surface area contributed by atoms with E-state index in [0.717, 1.165) is 35.9 Å². The van der Waals surface area contributed by atoms with Gasteiger partial charge < -0.3 is 24.4 Å². The molecule has 1 atom stereocenters. The number of hydrogen-bond acceptors (Lipinski definition) is 4. The molecule has 0 saturated heterocycles. The second-order valence-electron chi connectivity index (χ2n) is 6.33. The molecule has 0 amide bonds. The first-order valence-corrected chi connectivity index (χ1v) is 9.77. The fourth-order valence-corrected chi connectivity index (χ4v) is 3.23. The first-order valence-electron chi connectivity index (χ1n) is 9.37. The number of thiocarbonyl (C=S) groups is 1. The SMILES string of the molecule is CCCN(C[C@@H]1COc2ccccc2O1)C(=S)Nc1ccc(OCC)cc1. The molecular weight excluding hydrogens is 360 g/mol. The van der Waals surface area contributed by atoms with Crippen molar-refractivity contribution in [2.75, 3.05) is 31.6 Å². The molecule has 5 nitrogen and oxygen atoms in total. The molecule has 0 spiro atoms. The molecule has 0 unspecified atom stereocenters. The third kappa shape index (κ3) is 5.26. The molecule has 0 radical (unpaired) electrons. The molecule has 0 aromatic heterocycles. The molecule has 2 aromatic rings. The van der Waals surface area contributed by atoms with Gasteiger partial charge in [-0.25, -0.2) is 0 Å². The number of nitrogens with one attached hydrogen (secondary N) is 1. The van der Waals surface area contributed by atoms with Crippen molar-refractivity contribution >= 4 is 23.0 Å². The van der Waals surface area contributed by atoms with E-state index in [4.69, 9.17) is 26.4 Å². The van der Waals surface area contributed by atoms with Crippen LogP contribution in [0, 0.1) is 0 Å². The summed E-state index contributed by atoms with van der Waals surface area (Å²) < 4.78 is 17.4. The van der Waals surface area contributed by atoms with E-state index < -0.39 is 0 Å². The zero-order chi connectivity index (χ0) is 19.1. The van der Waals surface area contributed by atoms with Crippen LogP contribution in [-0.4, -0.2) is 42.4 Å². The fraction of sp³-hybridized carbons (Fsp3) is 0.381. The molecule has 0 fully saturated rings. The van der Waals surface area contributed by atoms with Crippen LogP contribution in [0.1, 0.15) is 20.3 Å². The molecule has 2 aromatic carbocycles. The van der Waals surface area contributed by atoms with Crippen LogP contribution in [0.25, 0.3) is 0 Å². The Morgan fingerprint density at radius 3 is 2.59 bits per heavy atom. The number of para-hydroxylation sites is 2. The van der Waals surface area contributed by atoms with Crippen LogP contribution in [0.15, 0.2) is 48.5 Å². The minimum Gasteiger partial charge on any atom is -0.494 e. The number of anilines is 1. The van der Waals surface area contributed by atoms with Crippen molar-refractivity contribution in [2.45, 2.75) is 26.4 Å². The number of rotatable bonds is 7. The second-order valence-corrected chi connectivity index (χ2v) is 6.72. The average Bonchev–Trinajstić information content (AvgIpc) is 2.69. The molecular formula is C21H26N2O3S. The molecule has 3 rings (SSSR count). The Hall–Kier alpha value is -2.47. The van der Waals surface area contributed by atoms with Crippen LogP contribution in [0.2, 0.25) is 0 Å². The maximum absolute atomic E-state index is 6.08. The van der Waals surface area contributed by atoms with Gasteiger partial charge in [-0.3, -0.25) is 0 Å². The van der Waals surface area contributed by atoms with Gasteiger partial charge in [-0.15, -0.1) is 0 Å². The summed E-state index contributed by atoms with van der Waals surface area (Å²) >= 11 is 5.64. The molecule has 1 aliphatic rings. The van der Waals surface area contributed by atoms with Crippen LogP contribution in [0.3, 0.4) is 0 Å². The van der Waals surface area contributed by atoms with Crippen molar-refractivity contribution in [3.63, 3.8) is 0 Å². The summed E-state index contributed by atoms with van der Waals surface area (Å²) in [5, 5.41) is 3.99. The molecule has 1 aliphatic heterocycles. The van der Waals surface area contributed by atoms with Crippen LogP contribution < -0.4 is 19.5 Å². The van der Waals surface area contributed by atoms with Gasteiger partial charge >= 0.3 is 0 Å². The van der Waals surface area contributed by atoms with Crippen molar-refractivity contribution < 1.29 is 14.2 Å². The molecule has 0 aliphatic carbocycles. The minimum atomic E-state index is -0.0634. The summed E-state index contributed by atoms with van der Waals surface area (Å²) in [6.07, 6.45) is 0.932. The highest BCUT2D eigenvalue weighted by Gasteiger charge is 2.24. The Morgan fingerprint density at radius 1 is 1.15 bits per heavy atom. The lowest BCUT2D eigenvalue weighted by molar-refractivity contribution is 0.0746. The van der Waals surface area contributed by atoms with Crippen LogP contribution >= 0.6 is 12.2 Å². The Kier molecular flexibility index (Phi) is 6.76. The topological polar surface area (TPSA) is 43.0 Å². The molecule has 0 saturated carbocycles.